The van der Waals surface area contributed by atoms with Gasteiger partial charge < -0.3 is 11.5 Å². The summed E-state index contributed by atoms with van der Waals surface area (Å²) in [6, 6.07) is 17.2. The lowest BCUT2D eigenvalue weighted by Gasteiger charge is -2.54. The molecule has 0 heterocycles. The van der Waals surface area contributed by atoms with E-state index in [1.54, 1.807) is 0 Å². The number of rotatable bonds is 2. The highest BCUT2D eigenvalue weighted by molar-refractivity contribution is 5.45. The second-order valence-electron chi connectivity index (χ2n) is 7.30. The van der Waals surface area contributed by atoms with Gasteiger partial charge in [-0.2, -0.15) is 0 Å². The van der Waals surface area contributed by atoms with Crippen LogP contribution in [0.4, 0.5) is 11.4 Å². The van der Waals surface area contributed by atoms with E-state index in [4.69, 9.17) is 11.5 Å². The minimum absolute atomic E-state index is 0.392. The first-order chi connectivity index (χ1) is 10.6. The number of hydrogen-bond acceptors (Lipinski definition) is 2. The third-order valence-corrected chi connectivity index (χ3v) is 6.29. The molecule has 2 aromatic rings. The average molecular weight is 292 g/mol. The van der Waals surface area contributed by atoms with Gasteiger partial charge in [0.2, 0.25) is 0 Å². The van der Waals surface area contributed by atoms with E-state index in [0.717, 1.165) is 11.4 Å². The maximum absolute atomic E-state index is 5.85. The van der Waals surface area contributed by atoms with Gasteiger partial charge in [-0.3, -0.25) is 0 Å². The molecule has 3 fully saturated rings. The molecule has 2 heteroatoms. The number of nitrogen functional groups attached to an aromatic ring is 2. The molecule has 2 bridgehead atoms. The molecule has 0 atom stereocenters. The van der Waals surface area contributed by atoms with Crippen molar-refractivity contribution >= 4 is 11.4 Å². The quantitative estimate of drug-likeness (QED) is 0.806. The van der Waals surface area contributed by atoms with E-state index in [2.05, 4.69) is 48.5 Å². The summed E-state index contributed by atoms with van der Waals surface area (Å²) in [7, 11) is 0. The molecule has 0 saturated heterocycles. The van der Waals surface area contributed by atoms with E-state index < -0.39 is 0 Å². The van der Waals surface area contributed by atoms with Crippen molar-refractivity contribution in [3.05, 3.63) is 59.7 Å². The van der Waals surface area contributed by atoms with E-state index in [9.17, 15) is 0 Å². The van der Waals surface area contributed by atoms with E-state index in [-0.39, 0.29) is 0 Å². The fraction of sp³-hybridized carbons (Fsp3) is 0.400. The first-order valence-electron chi connectivity index (χ1n) is 8.34. The average Bonchev–Trinajstić information content (AvgIpc) is 2.57. The van der Waals surface area contributed by atoms with Crippen molar-refractivity contribution in [3.63, 3.8) is 0 Å². The molecule has 3 saturated carbocycles. The summed E-state index contributed by atoms with van der Waals surface area (Å²) >= 11 is 0. The third kappa shape index (κ3) is 2.01. The van der Waals surface area contributed by atoms with Crippen LogP contribution >= 0.6 is 0 Å². The van der Waals surface area contributed by atoms with Gasteiger partial charge >= 0.3 is 0 Å². The molecule has 0 aliphatic heterocycles. The standard InChI is InChI=1S/C20H24N2/c21-17-5-1-15(2-6-17)19-9-12-20(13-10-19,14-11-19)16-3-7-18(22)8-4-16/h1-8H,9-14,21-22H2. The van der Waals surface area contributed by atoms with E-state index in [0.29, 0.717) is 10.8 Å². The molecule has 5 rings (SSSR count). The van der Waals surface area contributed by atoms with Gasteiger partial charge in [-0.05, 0) is 84.7 Å². The van der Waals surface area contributed by atoms with Gasteiger partial charge in [0.25, 0.3) is 0 Å². The molecule has 2 nitrogen and oxygen atoms in total. The van der Waals surface area contributed by atoms with Crippen LogP contribution in [0.5, 0.6) is 0 Å². The summed E-state index contributed by atoms with van der Waals surface area (Å²) < 4.78 is 0. The SMILES string of the molecule is Nc1ccc(C23CCC(c4ccc(N)cc4)(CC2)CC3)cc1. The number of hydrogen-bond donors (Lipinski definition) is 2. The largest absolute Gasteiger partial charge is 0.399 e. The Balaban J connectivity index is 1.61. The normalized spacial score (nSPS) is 30.4. The molecular weight excluding hydrogens is 268 g/mol. The smallest absolute Gasteiger partial charge is 0.0314 e. The predicted molar refractivity (Wildman–Crippen MR) is 92.8 cm³/mol. The fourth-order valence-corrected chi connectivity index (χ4v) is 4.73. The Morgan fingerprint density at radius 3 is 1.05 bits per heavy atom. The topological polar surface area (TPSA) is 52.0 Å². The van der Waals surface area contributed by atoms with Gasteiger partial charge in [0, 0.05) is 11.4 Å². The summed E-state index contributed by atoms with van der Waals surface area (Å²) in [6.07, 6.45) is 7.76. The third-order valence-electron chi connectivity index (χ3n) is 6.29. The number of fused-ring (bicyclic) bond motifs is 3. The maximum Gasteiger partial charge on any atom is 0.0314 e. The number of anilines is 2. The Morgan fingerprint density at radius 1 is 0.500 bits per heavy atom. The first kappa shape index (κ1) is 13.7. The van der Waals surface area contributed by atoms with Gasteiger partial charge in [0.1, 0.15) is 0 Å². The molecule has 0 aromatic heterocycles. The molecule has 2 aromatic carbocycles. The minimum atomic E-state index is 0.392. The Labute approximate surface area is 132 Å². The second kappa shape index (κ2) is 4.77. The van der Waals surface area contributed by atoms with Crippen molar-refractivity contribution in [2.24, 2.45) is 0 Å². The van der Waals surface area contributed by atoms with Crippen LogP contribution in [0.2, 0.25) is 0 Å². The Bertz CT molecular complexity index is 584. The van der Waals surface area contributed by atoms with Crippen LogP contribution in [0.25, 0.3) is 0 Å². The van der Waals surface area contributed by atoms with Gasteiger partial charge in [-0.1, -0.05) is 24.3 Å². The maximum atomic E-state index is 5.85. The van der Waals surface area contributed by atoms with Crippen molar-refractivity contribution in [1.29, 1.82) is 0 Å². The van der Waals surface area contributed by atoms with Crippen LogP contribution in [0, 0.1) is 0 Å². The molecule has 22 heavy (non-hydrogen) atoms. The van der Waals surface area contributed by atoms with Gasteiger partial charge in [-0.25, -0.2) is 0 Å². The molecule has 3 aliphatic carbocycles. The summed E-state index contributed by atoms with van der Waals surface area (Å²) in [5, 5.41) is 0. The lowest BCUT2D eigenvalue weighted by Crippen LogP contribution is -2.46. The van der Waals surface area contributed by atoms with E-state index in [1.807, 2.05) is 0 Å². The Hall–Kier alpha value is -1.96. The van der Waals surface area contributed by atoms with Crippen molar-refractivity contribution in [2.75, 3.05) is 11.5 Å². The Kier molecular flexibility index (Phi) is 2.97. The first-order valence-corrected chi connectivity index (χ1v) is 8.34. The highest BCUT2D eigenvalue weighted by Crippen LogP contribution is 2.58. The van der Waals surface area contributed by atoms with E-state index >= 15 is 0 Å². The van der Waals surface area contributed by atoms with Crippen molar-refractivity contribution < 1.29 is 0 Å². The predicted octanol–water partition coefficient (Wildman–Crippen LogP) is 4.39. The number of benzene rings is 2. The molecule has 4 N–H and O–H groups in total. The number of nitrogens with two attached hydrogens (primary N) is 2. The van der Waals surface area contributed by atoms with Crippen LogP contribution in [0.3, 0.4) is 0 Å². The summed E-state index contributed by atoms with van der Waals surface area (Å²) in [6.45, 7) is 0. The molecule has 0 spiro atoms. The van der Waals surface area contributed by atoms with Crippen LogP contribution in [0.15, 0.2) is 48.5 Å². The van der Waals surface area contributed by atoms with Crippen LogP contribution in [-0.4, -0.2) is 0 Å². The molecule has 114 valence electrons. The summed E-state index contributed by atoms with van der Waals surface area (Å²) in [5.41, 5.74) is 17.2. The van der Waals surface area contributed by atoms with Crippen molar-refractivity contribution in [1.82, 2.24) is 0 Å². The highest BCUT2D eigenvalue weighted by atomic mass is 14.6. The molecule has 0 amide bonds. The second-order valence-corrected chi connectivity index (χ2v) is 7.30. The van der Waals surface area contributed by atoms with Crippen LogP contribution in [-0.2, 0) is 10.8 Å². The van der Waals surface area contributed by atoms with Gasteiger partial charge in [0.15, 0.2) is 0 Å². The lowest BCUT2D eigenvalue weighted by molar-refractivity contribution is 0.102. The molecule has 3 aliphatic rings. The van der Waals surface area contributed by atoms with Crippen LogP contribution in [0.1, 0.15) is 49.7 Å². The fourth-order valence-electron chi connectivity index (χ4n) is 4.73. The molecule has 0 radical (unpaired) electrons. The van der Waals surface area contributed by atoms with Crippen molar-refractivity contribution in [3.8, 4) is 0 Å². The van der Waals surface area contributed by atoms with Gasteiger partial charge in [0.05, 0.1) is 0 Å². The van der Waals surface area contributed by atoms with Crippen molar-refractivity contribution in [2.45, 2.75) is 49.4 Å². The van der Waals surface area contributed by atoms with Crippen LogP contribution < -0.4 is 11.5 Å². The Morgan fingerprint density at radius 2 is 0.773 bits per heavy atom. The zero-order valence-corrected chi connectivity index (χ0v) is 13.0. The highest BCUT2D eigenvalue weighted by Gasteiger charge is 2.49. The zero-order valence-electron chi connectivity index (χ0n) is 13.0. The zero-order chi connectivity index (χ0) is 15.2. The molecule has 0 unspecified atom stereocenters. The lowest BCUT2D eigenvalue weighted by atomic mass is 9.50. The monoisotopic (exact) mass is 292 g/mol. The molecular formula is C20H24N2. The summed E-state index contributed by atoms with van der Waals surface area (Å²) in [4.78, 5) is 0. The van der Waals surface area contributed by atoms with Gasteiger partial charge in [-0.15, -0.1) is 0 Å². The summed E-state index contributed by atoms with van der Waals surface area (Å²) in [5.74, 6) is 0. The minimum Gasteiger partial charge on any atom is -0.399 e. The van der Waals surface area contributed by atoms with E-state index in [1.165, 1.54) is 49.7 Å².